The van der Waals surface area contributed by atoms with Gasteiger partial charge in [-0.1, -0.05) is 291 Å². The van der Waals surface area contributed by atoms with Crippen LogP contribution in [-0.4, -0.2) is 0 Å². The highest BCUT2D eigenvalue weighted by atomic mass is 19.1. The average Bonchev–Trinajstić information content (AvgIpc) is 0.777. The second-order valence-electron chi connectivity index (χ2n) is 28.2. The molecule has 0 radical (unpaired) electrons. The highest BCUT2D eigenvalue weighted by molar-refractivity contribution is 5.97. The maximum absolute atomic E-state index is 14.6. The molecule has 0 atom stereocenters. The summed E-state index contributed by atoms with van der Waals surface area (Å²) in [6.45, 7) is 0. The zero-order chi connectivity index (χ0) is 89.1. The number of hydrogen-bond acceptors (Lipinski definition) is 10. The van der Waals surface area contributed by atoms with Crippen LogP contribution in [0.2, 0.25) is 0 Å². The zero-order valence-corrected chi connectivity index (χ0v) is 67.2. The van der Waals surface area contributed by atoms with E-state index in [9.17, 15) is 53.5 Å². The highest BCUT2D eigenvalue weighted by Gasteiger charge is 2.24. The van der Waals surface area contributed by atoms with E-state index in [1.54, 1.807) is 36.4 Å². The molecular weight excluding hydrogens is 1580 g/mol. The van der Waals surface area contributed by atoms with Gasteiger partial charge in [0.1, 0.15) is 59.4 Å². The summed E-state index contributed by atoms with van der Waals surface area (Å²) in [5.74, 6) is -3.13. The van der Waals surface area contributed by atoms with Crippen LogP contribution in [0, 0.1) is 142 Å². The first-order chi connectivity index (χ1) is 62.2. The van der Waals surface area contributed by atoms with Crippen LogP contribution in [0.15, 0.2) is 382 Å². The van der Waals surface area contributed by atoms with Crippen molar-refractivity contribution in [3.8, 4) is 194 Å². The number of hydrogen-bond donors (Lipinski definition) is 0. The van der Waals surface area contributed by atoms with Gasteiger partial charge in [-0.25, -0.2) is 22.0 Å². The third-order valence-electron chi connectivity index (χ3n) is 20.6. The number of benzene rings is 17. The number of nitrogens with zero attached hydrogens (tertiary/aromatic N) is 10. The Hall–Kier alpha value is -18.7. The van der Waals surface area contributed by atoms with Crippen LogP contribution in [-0.2, 0) is 0 Å². The van der Waals surface area contributed by atoms with Crippen molar-refractivity contribution in [3.63, 3.8) is 0 Å². The molecule has 0 N–H and O–H groups in total. The SMILES string of the molecule is N#Cc1cc(C#N)c(-c2c(-c3ccccc3)cccc2-c2ccccc2)cc1F.N#Cc1cc(C#N)c(-c2cc(-c3ccccc3)ccc2-c2ccccc2)cc1F.N#Cc1ccc(F)c(C#N)c1-c1cc(-c2ccccc2)cc(-c2ccccc2)c1.N#Cc1ccc(F)c(C#N)c1-c1cccc(-c2ccccc2)c1.N#Cc1ccc(F)c(C#N)c1-c1ccccc1. The predicted octanol–water partition coefficient (Wildman–Crippen LogP) is 27.8. The molecule has 0 fully saturated rings. The van der Waals surface area contributed by atoms with Crippen LogP contribution >= 0.6 is 0 Å². The summed E-state index contributed by atoms with van der Waals surface area (Å²) in [5, 5.41) is 93.4. The van der Waals surface area contributed by atoms with Crippen molar-refractivity contribution in [1.82, 2.24) is 0 Å². The molecule has 0 saturated carbocycles. The maximum atomic E-state index is 14.6. The van der Waals surface area contributed by atoms with E-state index in [0.717, 1.165) is 101 Å². The summed E-state index contributed by atoms with van der Waals surface area (Å²) in [5.41, 5.74) is 19.7. The van der Waals surface area contributed by atoms with Gasteiger partial charge in [0.15, 0.2) is 0 Å². The molecule has 0 heterocycles. The second kappa shape index (κ2) is 41.3. The fraction of sp³-hybridized carbons (Fsp3) is 0. The van der Waals surface area contributed by atoms with Gasteiger partial charge in [-0.05, 0) is 197 Å². The molecule has 0 amide bonds. The van der Waals surface area contributed by atoms with E-state index in [-0.39, 0.29) is 50.1 Å². The minimum absolute atomic E-state index is 0.0877. The van der Waals surface area contributed by atoms with Crippen molar-refractivity contribution in [2.24, 2.45) is 0 Å². The van der Waals surface area contributed by atoms with Crippen LogP contribution in [0.25, 0.3) is 134 Å². The fourth-order valence-corrected chi connectivity index (χ4v) is 14.6. The van der Waals surface area contributed by atoms with Crippen molar-refractivity contribution in [2.45, 2.75) is 0 Å². The van der Waals surface area contributed by atoms with E-state index in [1.165, 1.54) is 48.5 Å². The van der Waals surface area contributed by atoms with Gasteiger partial charge in [0, 0.05) is 27.8 Å². The lowest BCUT2D eigenvalue weighted by atomic mass is 9.85. The number of nitriles is 10. The summed E-state index contributed by atoms with van der Waals surface area (Å²) >= 11 is 0. The van der Waals surface area contributed by atoms with E-state index in [2.05, 4.69) is 24.3 Å². The molecule has 0 saturated heterocycles. The molecule has 17 aromatic rings. The summed E-state index contributed by atoms with van der Waals surface area (Å²) in [6, 6.07) is 135. The van der Waals surface area contributed by atoms with Crippen LogP contribution in [0.3, 0.4) is 0 Å². The van der Waals surface area contributed by atoms with Crippen molar-refractivity contribution in [1.29, 1.82) is 52.6 Å². The first-order valence-corrected chi connectivity index (χ1v) is 39.3. The van der Waals surface area contributed by atoms with Crippen LogP contribution in [0.5, 0.6) is 0 Å². The van der Waals surface area contributed by atoms with Gasteiger partial charge in [-0.3, -0.25) is 0 Å². The first-order valence-electron chi connectivity index (χ1n) is 39.3. The lowest BCUT2D eigenvalue weighted by Gasteiger charge is -2.17. The van der Waals surface area contributed by atoms with Gasteiger partial charge >= 0.3 is 0 Å². The minimum atomic E-state index is -0.636. The standard InChI is InChI=1S/3C26H15FN2.C20H11FN2.C14H7FN2/c27-25-15-24(20(16-28)14-21(25)17-29)26-22(18-8-3-1-4-9-18)12-7-13-23(26)19-10-5-2-6-11-19;27-25-12-11-20(16-28)26(24(25)17-29)23-14-21(18-7-3-1-4-8-18)13-22(15-23)19-9-5-2-6-10-19;27-26-15-24(21(16-28)13-22(26)17-29)25-14-20(18-7-3-1-4-8-18)11-12-23(25)19-9-5-2-6-10-19;21-19-10-9-17(12-22)20(18(19)13-23)16-8-4-7-15(11-16)14-5-2-1-3-6-14;15-13-7-6-11(8-16)14(12(13)9-17)10-4-2-1-3-5-10/h3*1-15H;1-11H;1-7H. The molecule has 15 heteroatoms. The van der Waals surface area contributed by atoms with E-state index < -0.39 is 29.1 Å². The summed E-state index contributed by atoms with van der Waals surface area (Å²) in [4.78, 5) is 0. The summed E-state index contributed by atoms with van der Waals surface area (Å²) in [7, 11) is 0. The second-order valence-corrected chi connectivity index (χ2v) is 28.2. The molecule has 0 aromatic heterocycles. The van der Waals surface area contributed by atoms with Gasteiger partial charge in [0.25, 0.3) is 0 Å². The van der Waals surface area contributed by atoms with Gasteiger partial charge in [0.2, 0.25) is 0 Å². The Morgan fingerprint density at radius 2 is 0.409 bits per heavy atom. The monoisotopic (exact) mass is 1640 g/mol. The third-order valence-corrected chi connectivity index (χ3v) is 20.6. The highest BCUT2D eigenvalue weighted by Crippen LogP contribution is 2.44. The summed E-state index contributed by atoms with van der Waals surface area (Å²) in [6.07, 6.45) is 0. The predicted molar refractivity (Wildman–Crippen MR) is 484 cm³/mol. The molecule has 17 rings (SSSR count). The van der Waals surface area contributed by atoms with Crippen molar-refractivity contribution < 1.29 is 22.0 Å². The van der Waals surface area contributed by atoms with Crippen LogP contribution in [0.4, 0.5) is 22.0 Å². The average molecular weight is 1640 g/mol. The smallest absolute Gasteiger partial charge is 0.141 e. The number of halogens is 5. The third kappa shape index (κ3) is 19.8. The van der Waals surface area contributed by atoms with Crippen LogP contribution in [0.1, 0.15) is 55.6 Å². The van der Waals surface area contributed by atoms with Gasteiger partial charge in [0.05, 0.1) is 86.0 Å². The molecule has 127 heavy (non-hydrogen) atoms. The van der Waals surface area contributed by atoms with Crippen molar-refractivity contribution in [3.05, 3.63) is 467 Å². The Kier molecular flexibility index (Phi) is 28.0. The van der Waals surface area contributed by atoms with E-state index in [1.807, 2.05) is 322 Å². The lowest BCUT2D eigenvalue weighted by molar-refractivity contribution is 0.624. The van der Waals surface area contributed by atoms with Crippen LogP contribution < -0.4 is 0 Å². The van der Waals surface area contributed by atoms with Gasteiger partial charge < -0.3 is 0 Å². The first kappa shape index (κ1) is 86.1. The fourth-order valence-electron chi connectivity index (χ4n) is 14.6. The molecule has 0 aliphatic heterocycles. The molecule has 596 valence electrons. The molecule has 17 aromatic carbocycles. The molecule has 10 nitrogen and oxygen atoms in total. The van der Waals surface area contributed by atoms with Gasteiger partial charge in [-0.2, -0.15) is 52.6 Å². The summed E-state index contributed by atoms with van der Waals surface area (Å²) < 4.78 is 70.9. The number of rotatable bonds is 12. The maximum Gasteiger partial charge on any atom is 0.141 e. The van der Waals surface area contributed by atoms with Crippen molar-refractivity contribution in [2.75, 3.05) is 0 Å². The van der Waals surface area contributed by atoms with E-state index in [0.29, 0.717) is 50.1 Å². The lowest BCUT2D eigenvalue weighted by Crippen LogP contribution is -1.96. The molecule has 0 spiro atoms. The molecular formula is C112H63F5N10. The zero-order valence-electron chi connectivity index (χ0n) is 67.2. The van der Waals surface area contributed by atoms with Gasteiger partial charge in [-0.15, -0.1) is 0 Å². The Bertz CT molecular complexity index is 7300. The largest absolute Gasteiger partial charge is 0.206 e. The molecule has 0 aliphatic carbocycles. The Morgan fingerprint density at radius 3 is 0.780 bits per heavy atom. The Labute approximate surface area is 731 Å². The van der Waals surface area contributed by atoms with E-state index in [4.69, 9.17) is 21.0 Å². The molecule has 0 aliphatic rings. The minimum Gasteiger partial charge on any atom is -0.206 e. The quantitative estimate of drug-likeness (QED) is 0.105. The Morgan fingerprint density at radius 1 is 0.134 bits per heavy atom. The van der Waals surface area contributed by atoms with Crippen molar-refractivity contribution >= 4 is 0 Å². The normalized spacial score (nSPS) is 10.0. The Balaban J connectivity index is 0.000000137. The van der Waals surface area contributed by atoms with E-state index >= 15 is 0 Å². The molecule has 0 unspecified atom stereocenters. The topological polar surface area (TPSA) is 238 Å². The molecule has 0 bridgehead atoms.